The van der Waals surface area contributed by atoms with Crippen molar-refractivity contribution < 1.29 is 0 Å². The third-order valence-corrected chi connectivity index (χ3v) is 1.86. The van der Waals surface area contributed by atoms with E-state index in [1.165, 1.54) is 11.1 Å². The summed E-state index contributed by atoms with van der Waals surface area (Å²) in [7, 11) is 0. The van der Waals surface area contributed by atoms with Gasteiger partial charge in [0.2, 0.25) is 0 Å². The third-order valence-electron chi connectivity index (χ3n) is 1.86. The van der Waals surface area contributed by atoms with Crippen LogP contribution in [0.25, 0.3) is 6.08 Å². The van der Waals surface area contributed by atoms with Crippen LogP contribution in [0.5, 0.6) is 0 Å². The molecule has 0 spiro atoms. The maximum atomic E-state index is 3.25. The van der Waals surface area contributed by atoms with E-state index in [0.29, 0.717) is 0 Å². The summed E-state index contributed by atoms with van der Waals surface area (Å²) in [5.74, 6) is 0. The fourth-order valence-electron chi connectivity index (χ4n) is 1.20. The fourth-order valence-corrected chi connectivity index (χ4v) is 1.20. The van der Waals surface area contributed by atoms with E-state index in [0.717, 1.165) is 13.1 Å². The van der Waals surface area contributed by atoms with Crippen molar-refractivity contribution in [3.63, 3.8) is 0 Å². The van der Waals surface area contributed by atoms with E-state index in [9.17, 15) is 0 Å². The van der Waals surface area contributed by atoms with Crippen LogP contribution in [0.1, 0.15) is 18.1 Å². The van der Waals surface area contributed by atoms with Crippen LogP contribution in [0.2, 0.25) is 0 Å². The van der Waals surface area contributed by atoms with Crippen LogP contribution in [0.4, 0.5) is 0 Å². The Balaban J connectivity index is 2.48. The van der Waals surface area contributed by atoms with Gasteiger partial charge in [0.05, 0.1) is 0 Å². The van der Waals surface area contributed by atoms with Crippen molar-refractivity contribution in [1.82, 2.24) is 5.32 Å². The molecule has 0 aliphatic heterocycles. The lowest BCUT2D eigenvalue weighted by molar-refractivity contribution is 0.801. The van der Waals surface area contributed by atoms with Crippen molar-refractivity contribution in [3.05, 3.63) is 41.5 Å². The molecular weight excluding hydrogens is 158 g/mol. The summed E-state index contributed by atoms with van der Waals surface area (Å²) in [6.45, 7) is 6.20. The summed E-state index contributed by atoms with van der Waals surface area (Å²) in [4.78, 5) is 0. The van der Waals surface area contributed by atoms with Crippen LogP contribution >= 0.6 is 0 Å². The Kier molecular flexibility index (Phi) is 4.27. The Morgan fingerprint density at radius 1 is 1.38 bits per heavy atom. The molecule has 0 saturated heterocycles. The highest BCUT2D eigenvalue weighted by atomic mass is 14.8. The molecule has 0 aliphatic carbocycles. The Hall–Kier alpha value is -1.08. The molecule has 0 heterocycles. The highest BCUT2D eigenvalue weighted by Gasteiger charge is 1.85. The smallest absolute Gasteiger partial charge is 0.0138 e. The van der Waals surface area contributed by atoms with Gasteiger partial charge in [-0.1, -0.05) is 48.9 Å². The molecule has 0 radical (unpaired) electrons. The summed E-state index contributed by atoms with van der Waals surface area (Å²) in [5.41, 5.74) is 2.59. The third kappa shape index (κ3) is 3.90. The van der Waals surface area contributed by atoms with Crippen molar-refractivity contribution in [3.8, 4) is 0 Å². The van der Waals surface area contributed by atoms with Gasteiger partial charge in [0.25, 0.3) is 0 Å². The van der Waals surface area contributed by atoms with Gasteiger partial charge in [0.15, 0.2) is 0 Å². The zero-order chi connectivity index (χ0) is 9.52. The largest absolute Gasteiger partial charge is 0.314 e. The highest BCUT2D eigenvalue weighted by molar-refractivity contribution is 5.50. The standard InChI is InChI=1S/C12H17N/c1-3-13-9-5-8-12-7-4-6-11(2)10-12/h4-8,10,13H,3,9H2,1-2H3. The summed E-state index contributed by atoms with van der Waals surface area (Å²) in [6, 6.07) is 8.50. The summed E-state index contributed by atoms with van der Waals surface area (Å²) in [5, 5.41) is 3.25. The lowest BCUT2D eigenvalue weighted by Crippen LogP contribution is -2.11. The van der Waals surface area contributed by atoms with Crippen LogP contribution in [-0.4, -0.2) is 13.1 Å². The minimum atomic E-state index is 0.949. The van der Waals surface area contributed by atoms with Gasteiger partial charge >= 0.3 is 0 Å². The molecule has 0 saturated carbocycles. The number of hydrogen-bond donors (Lipinski definition) is 1. The van der Waals surface area contributed by atoms with Gasteiger partial charge in [0.1, 0.15) is 0 Å². The average Bonchev–Trinajstić information content (AvgIpc) is 2.13. The molecule has 1 nitrogen and oxygen atoms in total. The van der Waals surface area contributed by atoms with E-state index in [-0.39, 0.29) is 0 Å². The molecule has 0 unspecified atom stereocenters. The molecule has 70 valence electrons. The Bertz CT molecular complexity index is 276. The SMILES string of the molecule is CCNCC=Cc1cccc(C)c1. The minimum Gasteiger partial charge on any atom is -0.314 e. The number of benzene rings is 1. The van der Waals surface area contributed by atoms with Gasteiger partial charge in [-0.2, -0.15) is 0 Å². The molecule has 1 aromatic carbocycles. The molecule has 1 heteroatoms. The van der Waals surface area contributed by atoms with E-state index >= 15 is 0 Å². The first-order valence-electron chi connectivity index (χ1n) is 4.77. The monoisotopic (exact) mass is 175 g/mol. The van der Waals surface area contributed by atoms with Gasteiger partial charge in [-0.15, -0.1) is 0 Å². The predicted molar refractivity (Wildman–Crippen MR) is 58.8 cm³/mol. The molecule has 0 aliphatic rings. The first-order valence-corrected chi connectivity index (χ1v) is 4.77. The number of aryl methyl sites for hydroxylation is 1. The molecule has 0 fully saturated rings. The molecule has 1 aromatic rings. The van der Waals surface area contributed by atoms with E-state index in [2.05, 4.69) is 55.6 Å². The molecule has 0 atom stereocenters. The predicted octanol–water partition coefficient (Wildman–Crippen LogP) is 2.62. The van der Waals surface area contributed by atoms with Gasteiger partial charge in [-0.25, -0.2) is 0 Å². The molecular formula is C12H17N. The van der Waals surface area contributed by atoms with E-state index in [1.54, 1.807) is 0 Å². The molecule has 0 amide bonds. The summed E-state index contributed by atoms with van der Waals surface area (Å²) < 4.78 is 0. The van der Waals surface area contributed by atoms with E-state index in [4.69, 9.17) is 0 Å². The number of nitrogens with one attached hydrogen (secondary N) is 1. The van der Waals surface area contributed by atoms with Gasteiger partial charge in [0, 0.05) is 6.54 Å². The molecule has 1 N–H and O–H groups in total. The number of likely N-dealkylation sites (N-methyl/N-ethyl adjacent to an activating group) is 1. The van der Waals surface area contributed by atoms with Crippen LogP contribution in [0, 0.1) is 6.92 Å². The lowest BCUT2D eigenvalue weighted by Gasteiger charge is -1.96. The highest BCUT2D eigenvalue weighted by Crippen LogP contribution is 2.05. The maximum Gasteiger partial charge on any atom is 0.0138 e. The van der Waals surface area contributed by atoms with Crippen LogP contribution < -0.4 is 5.32 Å². The summed E-state index contributed by atoms with van der Waals surface area (Å²) in [6.07, 6.45) is 4.30. The first kappa shape index (κ1) is 10.0. The quantitative estimate of drug-likeness (QED) is 0.694. The fraction of sp³-hybridized carbons (Fsp3) is 0.333. The first-order chi connectivity index (χ1) is 6.33. The molecule has 13 heavy (non-hydrogen) atoms. The average molecular weight is 175 g/mol. The van der Waals surface area contributed by atoms with E-state index < -0.39 is 0 Å². The Morgan fingerprint density at radius 2 is 2.23 bits per heavy atom. The Morgan fingerprint density at radius 3 is 2.92 bits per heavy atom. The van der Waals surface area contributed by atoms with Crippen LogP contribution in [0.15, 0.2) is 30.3 Å². The molecule has 0 aromatic heterocycles. The van der Waals surface area contributed by atoms with Gasteiger partial charge < -0.3 is 5.32 Å². The van der Waals surface area contributed by atoms with Crippen molar-refractivity contribution in [2.24, 2.45) is 0 Å². The van der Waals surface area contributed by atoms with Gasteiger partial charge in [-0.05, 0) is 19.0 Å². The zero-order valence-corrected chi connectivity index (χ0v) is 8.38. The van der Waals surface area contributed by atoms with Crippen LogP contribution in [-0.2, 0) is 0 Å². The number of hydrogen-bond acceptors (Lipinski definition) is 1. The lowest BCUT2D eigenvalue weighted by atomic mass is 10.1. The second-order valence-corrected chi connectivity index (χ2v) is 3.12. The van der Waals surface area contributed by atoms with Crippen molar-refractivity contribution in [2.75, 3.05) is 13.1 Å². The maximum absolute atomic E-state index is 3.25. The number of rotatable bonds is 4. The van der Waals surface area contributed by atoms with Crippen molar-refractivity contribution in [1.29, 1.82) is 0 Å². The second-order valence-electron chi connectivity index (χ2n) is 3.12. The van der Waals surface area contributed by atoms with Gasteiger partial charge in [-0.3, -0.25) is 0 Å². The van der Waals surface area contributed by atoms with Crippen molar-refractivity contribution in [2.45, 2.75) is 13.8 Å². The topological polar surface area (TPSA) is 12.0 Å². The summed E-state index contributed by atoms with van der Waals surface area (Å²) >= 11 is 0. The van der Waals surface area contributed by atoms with E-state index in [1.807, 2.05) is 0 Å². The zero-order valence-electron chi connectivity index (χ0n) is 8.38. The molecule has 1 rings (SSSR count). The minimum absolute atomic E-state index is 0.949. The van der Waals surface area contributed by atoms with Crippen molar-refractivity contribution >= 4 is 6.08 Å². The molecule has 0 bridgehead atoms. The second kappa shape index (κ2) is 5.55. The Labute approximate surface area is 80.5 Å². The normalized spacial score (nSPS) is 10.9. The van der Waals surface area contributed by atoms with Crippen LogP contribution in [0.3, 0.4) is 0 Å².